The van der Waals surface area contributed by atoms with Crippen molar-refractivity contribution in [2.75, 3.05) is 6.26 Å². The highest BCUT2D eigenvalue weighted by molar-refractivity contribution is 7.89. The molecule has 23 heavy (non-hydrogen) atoms. The predicted octanol–water partition coefficient (Wildman–Crippen LogP) is 2.23. The van der Waals surface area contributed by atoms with Gasteiger partial charge in [-0.05, 0) is 42.5 Å². The summed E-state index contributed by atoms with van der Waals surface area (Å²) >= 11 is 0. The Hall–Kier alpha value is -2.48. The average molecular weight is 341 g/mol. The van der Waals surface area contributed by atoms with Crippen LogP contribution < -0.4 is 9.46 Å². The van der Waals surface area contributed by atoms with Crippen molar-refractivity contribution in [1.82, 2.24) is 4.72 Å². The van der Waals surface area contributed by atoms with E-state index in [1.54, 1.807) is 0 Å². The topological polar surface area (TPSA) is 72.5 Å². The van der Waals surface area contributed by atoms with E-state index in [1.807, 2.05) is 4.72 Å². The first-order chi connectivity index (χ1) is 10.7. The molecule has 2 rings (SSSR count). The highest BCUT2D eigenvalue weighted by Gasteiger charge is 2.11. The molecule has 122 valence electrons. The molecule has 0 fully saturated rings. The van der Waals surface area contributed by atoms with Crippen LogP contribution in [0.4, 0.5) is 8.78 Å². The van der Waals surface area contributed by atoms with Gasteiger partial charge in [0.05, 0.1) is 6.26 Å². The van der Waals surface area contributed by atoms with Crippen molar-refractivity contribution < 1.29 is 26.7 Å². The van der Waals surface area contributed by atoms with Gasteiger partial charge in [-0.3, -0.25) is 4.79 Å². The maximum Gasteiger partial charge on any atom is 0.264 e. The van der Waals surface area contributed by atoms with E-state index in [0.29, 0.717) is 5.75 Å². The Kier molecular flexibility index (Phi) is 4.95. The summed E-state index contributed by atoms with van der Waals surface area (Å²) in [7, 11) is -3.64. The van der Waals surface area contributed by atoms with Crippen LogP contribution in [-0.4, -0.2) is 20.6 Å². The highest BCUT2D eigenvalue weighted by atomic mass is 32.2. The minimum absolute atomic E-state index is 0.0592. The summed E-state index contributed by atoms with van der Waals surface area (Å²) in [5, 5.41) is 0. The number of nitrogens with one attached hydrogen (secondary N) is 1. The molecule has 0 bridgehead atoms. The van der Waals surface area contributed by atoms with E-state index < -0.39 is 27.6 Å². The fraction of sp³-hybridized carbons (Fsp3) is 0.133. The molecule has 2 aromatic rings. The number of ether oxygens (including phenoxy) is 1. The molecular formula is C15H13F2NO4S. The Morgan fingerprint density at radius 1 is 1.13 bits per heavy atom. The Bertz CT molecular complexity index is 820. The van der Waals surface area contributed by atoms with Gasteiger partial charge in [0.25, 0.3) is 5.91 Å². The van der Waals surface area contributed by atoms with Gasteiger partial charge in [0.15, 0.2) is 0 Å². The summed E-state index contributed by atoms with van der Waals surface area (Å²) in [6, 6.07) is 8.61. The van der Waals surface area contributed by atoms with Gasteiger partial charge in [-0.25, -0.2) is 21.9 Å². The summed E-state index contributed by atoms with van der Waals surface area (Å²) in [5.74, 6) is -1.60. The van der Waals surface area contributed by atoms with Gasteiger partial charge in [0.1, 0.15) is 24.0 Å². The number of sulfonamides is 1. The third-order valence-electron chi connectivity index (χ3n) is 2.80. The van der Waals surface area contributed by atoms with Crippen LogP contribution in [-0.2, 0) is 16.6 Å². The van der Waals surface area contributed by atoms with Gasteiger partial charge >= 0.3 is 0 Å². The molecule has 0 saturated carbocycles. The molecule has 0 aromatic heterocycles. The molecule has 0 unspecified atom stereocenters. The van der Waals surface area contributed by atoms with Crippen LogP contribution in [0, 0.1) is 11.6 Å². The molecule has 0 spiro atoms. The zero-order valence-electron chi connectivity index (χ0n) is 12.0. The largest absolute Gasteiger partial charge is 0.489 e. The van der Waals surface area contributed by atoms with Gasteiger partial charge in [-0.2, -0.15) is 0 Å². The van der Waals surface area contributed by atoms with E-state index in [-0.39, 0.29) is 17.7 Å². The minimum atomic E-state index is -3.64. The number of amides is 1. The summed E-state index contributed by atoms with van der Waals surface area (Å²) in [4.78, 5) is 11.6. The third-order valence-corrected chi connectivity index (χ3v) is 3.35. The normalized spacial score (nSPS) is 11.1. The maximum absolute atomic E-state index is 13.4. The number of hydrogen-bond acceptors (Lipinski definition) is 4. The van der Waals surface area contributed by atoms with Crippen molar-refractivity contribution in [3.63, 3.8) is 0 Å². The number of carbonyl (C=O) groups is 1. The number of hydrogen-bond donors (Lipinski definition) is 1. The molecule has 0 atom stereocenters. The predicted molar refractivity (Wildman–Crippen MR) is 79.4 cm³/mol. The first-order valence-electron chi connectivity index (χ1n) is 6.43. The Morgan fingerprint density at radius 2 is 1.78 bits per heavy atom. The molecule has 1 N–H and O–H groups in total. The molecule has 2 aromatic carbocycles. The third kappa shape index (κ3) is 5.03. The van der Waals surface area contributed by atoms with Crippen LogP contribution in [0.1, 0.15) is 15.9 Å². The van der Waals surface area contributed by atoms with Gasteiger partial charge in [-0.15, -0.1) is 0 Å². The summed E-state index contributed by atoms with van der Waals surface area (Å²) in [6.07, 6.45) is 0.871. The van der Waals surface area contributed by atoms with Crippen molar-refractivity contribution >= 4 is 15.9 Å². The zero-order chi connectivity index (χ0) is 17.0. The molecular weight excluding hydrogens is 328 g/mol. The van der Waals surface area contributed by atoms with Crippen molar-refractivity contribution in [3.05, 3.63) is 65.2 Å². The van der Waals surface area contributed by atoms with Crippen LogP contribution >= 0.6 is 0 Å². The van der Waals surface area contributed by atoms with Gasteiger partial charge < -0.3 is 4.74 Å². The molecule has 0 aliphatic heterocycles. The first kappa shape index (κ1) is 16.9. The van der Waals surface area contributed by atoms with E-state index in [0.717, 1.165) is 24.5 Å². The van der Waals surface area contributed by atoms with Crippen molar-refractivity contribution in [1.29, 1.82) is 0 Å². The molecule has 8 heteroatoms. The second-order valence-electron chi connectivity index (χ2n) is 4.75. The second-order valence-corrected chi connectivity index (χ2v) is 6.50. The number of benzene rings is 2. The van der Waals surface area contributed by atoms with Crippen molar-refractivity contribution in [2.45, 2.75) is 6.61 Å². The van der Waals surface area contributed by atoms with Crippen molar-refractivity contribution in [3.8, 4) is 5.75 Å². The SMILES string of the molecule is CS(=O)(=O)NC(=O)c1ccc(OCc2cc(F)ccc2F)cc1. The lowest BCUT2D eigenvalue weighted by molar-refractivity contribution is 0.0981. The van der Waals surface area contributed by atoms with E-state index in [9.17, 15) is 22.0 Å². The molecule has 0 aliphatic rings. The monoisotopic (exact) mass is 341 g/mol. The van der Waals surface area contributed by atoms with E-state index >= 15 is 0 Å². The Morgan fingerprint density at radius 3 is 2.39 bits per heavy atom. The fourth-order valence-corrected chi connectivity index (χ4v) is 2.20. The van der Waals surface area contributed by atoms with Gasteiger partial charge in [0.2, 0.25) is 10.0 Å². The first-order valence-corrected chi connectivity index (χ1v) is 8.32. The summed E-state index contributed by atoms with van der Waals surface area (Å²) in [6.45, 7) is -0.182. The molecule has 0 aliphatic carbocycles. The standard InChI is InChI=1S/C15H13F2NO4S/c1-23(20,21)18-15(19)10-2-5-13(6-3-10)22-9-11-8-12(16)4-7-14(11)17/h2-8H,9H2,1H3,(H,18,19). The molecule has 5 nitrogen and oxygen atoms in total. The van der Waals surface area contributed by atoms with Crippen LogP contribution in [0.3, 0.4) is 0 Å². The Balaban J connectivity index is 2.03. The van der Waals surface area contributed by atoms with Crippen molar-refractivity contribution in [2.24, 2.45) is 0 Å². The lowest BCUT2D eigenvalue weighted by Gasteiger charge is -2.08. The van der Waals surface area contributed by atoms with Crippen LogP contribution in [0.25, 0.3) is 0 Å². The second kappa shape index (κ2) is 6.74. The van der Waals surface area contributed by atoms with E-state index in [4.69, 9.17) is 4.74 Å². The van der Waals surface area contributed by atoms with Crippen LogP contribution in [0.5, 0.6) is 5.75 Å². The number of rotatable bonds is 5. The van der Waals surface area contributed by atoms with Crippen LogP contribution in [0.2, 0.25) is 0 Å². The lowest BCUT2D eigenvalue weighted by Crippen LogP contribution is -2.29. The van der Waals surface area contributed by atoms with Gasteiger partial charge in [0, 0.05) is 11.1 Å². The number of carbonyl (C=O) groups excluding carboxylic acids is 1. The Labute approximate surface area is 132 Å². The molecule has 0 heterocycles. The van der Waals surface area contributed by atoms with Gasteiger partial charge in [-0.1, -0.05) is 0 Å². The zero-order valence-corrected chi connectivity index (χ0v) is 12.9. The molecule has 0 saturated heterocycles. The van der Waals surface area contributed by atoms with Crippen LogP contribution in [0.15, 0.2) is 42.5 Å². The molecule has 0 radical (unpaired) electrons. The molecule has 1 amide bonds. The smallest absolute Gasteiger partial charge is 0.264 e. The minimum Gasteiger partial charge on any atom is -0.489 e. The maximum atomic E-state index is 13.4. The quantitative estimate of drug-likeness (QED) is 0.905. The lowest BCUT2D eigenvalue weighted by atomic mass is 10.2. The number of halogens is 2. The highest BCUT2D eigenvalue weighted by Crippen LogP contribution is 2.16. The van der Waals surface area contributed by atoms with E-state index in [1.165, 1.54) is 24.3 Å². The van der Waals surface area contributed by atoms with E-state index in [2.05, 4.69) is 0 Å². The summed E-state index contributed by atoms with van der Waals surface area (Å²) in [5.41, 5.74) is 0.184. The average Bonchev–Trinajstić information content (AvgIpc) is 2.47. The fourth-order valence-electron chi connectivity index (χ4n) is 1.74. The summed E-state index contributed by atoms with van der Waals surface area (Å²) < 4.78 is 55.6.